The number of nitrogens with one attached hydrogen (secondary N) is 2. The molecule has 1 unspecified atom stereocenters. The highest BCUT2D eigenvalue weighted by molar-refractivity contribution is 6.01. The van der Waals surface area contributed by atoms with Gasteiger partial charge in [-0.3, -0.25) is 19.7 Å². The van der Waals surface area contributed by atoms with Gasteiger partial charge in [0.1, 0.15) is 6.04 Å². The van der Waals surface area contributed by atoms with Crippen molar-refractivity contribution in [1.82, 2.24) is 5.32 Å². The number of rotatable bonds is 6. The SMILES string of the molecule is CCc1cccc(C)c1NC(=O)C(C)NC(=O)c1cccc([N+](=O)[O-])c1. The Morgan fingerprint density at radius 1 is 1.19 bits per heavy atom. The molecule has 0 spiro atoms. The second-order valence-corrected chi connectivity index (χ2v) is 5.95. The van der Waals surface area contributed by atoms with Crippen LogP contribution in [0.2, 0.25) is 0 Å². The zero-order valence-electron chi connectivity index (χ0n) is 14.9. The van der Waals surface area contributed by atoms with Gasteiger partial charge in [0, 0.05) is 23.4 Å². The highest BCUT2D eigenvalue weighted by Crippen LogP contribution is 2.21. The summed E-state index contributed by atoms with van der Waals surface area (Å²) in [6, 6.07) is 10.3. The highest BCUT2D eigenvalue weighted by Gasteiger charge is 2.19. The van der Waals surface area contributed by atoms with E-state index in [1.165, 1.54) is 24.3 Å². The monoisotopic (exact) mass is 355 g/mol. The Kier molecular flexibility index (Phi) is 6.06. The lowest BCUT2D eigenvalue weighted by Gasteiger charge is -2.17. The molecule has 26 heavy (non-hydrogen) atoms. The Balaban J connectivity index is 2.09. The van der Waals surface area contributed by atoms with Crippen molar-refractivity contribution in [1.29, 1.82) is 0 Å². The van der Waals surface area contributed by atoms with Gasteiger partial charge in [0.15, 0.2) is 0 Å². The minimum absolute atomic E-state index is 0.129. The second-order valence-electron chi connectivity index (χ2n) is 5.95. The quantitative estimate of drug-likeness (QED) is 0.613. The lowest BCUT2D eigenvalue weighted by Crippen LogP contribution is -2.41. The van der Waals surface area contributed by atoms with Crippen molar-refractivity contribution in [3.8, 4) is 0 Å². The minimum Gasteiger partial charge on any atom is -0.341 e. The number of hydrogen-bond acceptors (Lipinski definition) is 4. The van der Waals surface area contributed by atoms with E-state index in [1.54, 1.807) is 6.92 Å². The molecule has 2 rings (SSSR count). The molecule has 0 saturated heterocycles. The van der Waals surface area contributed by atoms with E-state index >= 15 is 0 Å². The van der Waals surface area contributed by atoms with Gasteiger partial charge < -0.3 is 10.6 Å². The van der Waals surface area contributed by atoms with Gasteiger partial charge in [0.2, 0.25) is 5.91 Å². The summed E-state index contributed by atoms with van der Waals surface area (Å²) in [5.74, 6) is -0.898. The summed E-state index contributed by atoms with van der Waals surface area (Å²) >= 11 is 0. The Labute approximate surface area is 151 Å². The molecule has 0 radical (unpaired) electrons. The average molecular weight is 355 g/mol. The molecule has 2 N–H and O–H groups in total. The fourth-order valence-electron chi connectivity index (χ4n) is 2.54. The lowest BCUT2D eigenvalue weighted by atomic mass is 10.1. The molecule has 7 nitrogen and oxygen atoms in total. The van der Waals surface area contributed by atoms with Crippen molar-refractivity contribution in [3.05, 3.63) is 69.3 Å². The van der Waals surface area contributed by atoms with Crippen LogP contribution in [0, 0.1) is 17.0 Å². The van der Waals surface area contributed by atoms with Crippen molar-refractivity contribution < 1.29 is 14.5 Å². The third-order valence-electron chi connectivity index (χ3n) is 4.05. The molecule has 0 aliphatic rings. The lowest BCUT2D eigenvalue weighted by molar-refractivity contribution is -0.384. The van der Waals surface area contributed by atoms with Gasteiger partial charge in [-0.2, -0.15) is 0 Å². The first-order chi connectivity index (χ1) is 12.3. The van der Waals surface area contributed by atoms with Crippen molar-refractivity contribution in [3.63, 3.8) is 0 Å². The number of anilines is 1. The van der Waals surface area contributed by atoms with Crippen LogP contribution in [0.3, 0.4) is 0 Å². The number of non-ortho nitro benzene ring substituents is 1. The summed E-state index contributed by atoms with van der Waals surface area (Å²) in [6.07, 6.45) is 0.770. The Morgan fingerprint density at radius 3 is 2.54 bits per heavy atom. The molecular formula is C19H21N3O4. The smallest absolute Gasteiger partial charge is 0.270 e. The number of amides is 2. The predicted octanol–water partition coefficient (Wildman–Crippen LogP) is 3.22. The summed E-state index contributed by atoms with van der Waals surface area (Å²) in [6.45, 7) is 5.47. The second kappa shape index (κ2) is 8.24. The molecule has 0 fully saturated rings. The first kappa shape index (κ1) is 19.1. The van der Waals surface area contributed by atoms with Gasteiger partial charge in [0.05, 0.1) is 4.92 Å². The standard InChI is InChI=1S/C19H21N3O4/c1-4-14-8-5-7-12(2)17(14)21-18(23)13(3)20-19(24)15-9-6-10-16(11-15)22(25)26/h5-11,13H,4H2,1-3H3,(H,20,24)(H,21,23). The maximum atomic E-state index is 12.4. The van der Waals surface area contributed by atoms with Gasteiger partial charge in [0.25, 0.3) is 11.6 Å². The summed E-state index contributed by atoms with van der Waals surface area (Å²) in [7, 11) is 0. The Morgan fingerprint density at radius 2 is 1.88 bits per heavy atom. The van der Waals surface area contributed by atoms with E-state index in [4.69, 9.17) is 0 Å². The van der Waals surface area contributed by atoms with Gasteiger partial charge in [-0.05, 0) is 37.5 Å². The average Bonchev–Trinajstić information content (AvgIpc) is 2.63. The van der Waals surface area contributed by atoms with Crippen LogP contribution in [0.15, 0.2) is 42.5 Å². The number of nitro benzene ring substituents is 1. The maximum absolute atomic E-state index is 12.4. The predicted molar refractivity (Wildman–Crippen MR) is 99.2 cm³/mol. The number of aryl methyl sites for hydroxylation is 2. The zero-order chi connectivity index (χ0) is 19.3. The zero-order valence-corrected chi connectivity index (χ0v) is 14.9. The normalized spacial score (nSPS) is 11.5. The van der Waals surface area contributed by atoms with Crippen molar-refractivity contribution in [2.45, 2.75) is 33.2 Å². The third kappa shape index (κ3) is 4.44. The molecule has 7 heteroatoms. The Bertz CT molecular complexity index is 848. The number of carbonyl (C=O) groups excluding carboxylic acids is 2. The van der Waals surface area contributed by atoms with E-state index in [1.807, 2.05) is 32.0 Å². The topological polar surface area (TPSA) is 101 Å². The molecule has 2 aromatic carbocycles. The fourth-order valence-corrected chi connectivity index (χ4v) is 2.54. The number of hydrogen-bond donors (Lipinski definition) is 2. The fraction of sp³-hybridized carbons (Fsp3) is 0.263. The van der Waals surface area contributed by atoms with E-state index in [2.05, 4.69) is 10.6 Å². The van der Waals surface area contributed by atoms with Crippen LogP contribution >= 0.6 is 0 Å². The minimum atomic E-state index is -0.800. The number of para-hydroxylation sites is 1. The molecule has 0 aromatic heterocycles. The van der Waals surface area contributed by atoms with Crippen LogP contribution in [0.5, 0.6) is 0 Å². The number of nitro groups is 1. The molecule has 2 amide bonds. The van der Waals surface area contributed by atoms with E-state index in [0.29, 0.717) is 0 Å². The third-order valence-corrected chi connectivity index (χ3v) is 4.05. The van der Waals surface area contributed by atoms with Gasteiger partial charge in [-0.1, -0.05) is 31.2 Å². The van der Waals surface area contributed by atoms with Crippen LogP contribution in [-0.4, -0.2) is 22.8 Å². The van der Waals surface area contributed by atoms with Crippen LogP contribution in [-0.2, 0) is 11.2 Å². The Hall–Kier alpha value is -3.22. The van der Waals surface area contributed by atoms with E-state index in [0.717, 1.165) is 23.2 Å². The largest absolute Gasteiger partial charge is 0.341 e. The number of carbonyl (C=O) groups is 2. The van der Waals surface area contributed by atoms with Crippen LogP contribution in [0.1, 0.15) is 35.3 Å². The maximum Gasteiger partial charge on any atom is 0.270 e. The van der Waals surface area contributed by atoms with Crippen molar-refractivity contribution in [2.24, 2.45) is 0 Å². The van der Waals surface area contributed by atoms with Crippen LogP contribution in [0.4, 0.5) is 11.4 Å². The summed E-state index contributed by atoms with van der Waals surface area (Å²) < 4.78 is 0. The molecule has 0 saturated carbocycles. The summed E-state index contributed by atoms with van der Waals surface area (Å²) in [4.78, 5) is 34.9. The molecule has 0 aliphatic heterocycles. The van der Waals surface area contributed by atoms with Gasteiger partial charge in [-0.25, -0.2) is 0 Å². The molecule has 0 heterocycles. The van der Waals surface area contributed by atoms with Crippen molar-refractivity contribution >= 4 is 23.2 Å². The summed E-state index contributed by atoms with van der Waals surface area (Å²) in [5.41, 5.74) is 2.65. The molecular weight excluding hydrogens is 334 g/mol. The first-order valence-electron chi connectivity index (χ1n) is 8.28. The van der Waals surface area contributed by atoms with E-state index in [9.17, 15) is 19.7 Å². The van der Waals surface area contributed by atoms with Gasteiger partial charge >= 0.3 is 0 Å². The molecule has 2 aromatic rings. The van der Waals surface area contributed by atoms with Crippen LogP contribution in [0.25, 0.3) is 0 Å². The number of benzene rings is 2. The highest BCUT2D eigenvalue weighted by atomic mass is 16.6. The van der Waals surface area contributed by atoms with Gasteiger partial charge in [-0.15, -0.1) is 0 Å². The first-order valence-corrected chi connectivity index (χ1v) is 8.28. The van der Waals surface area contributed by atoms with E-state index < -0.39 is 16.9 Å². The van der Waals surface area contributed by atoms with E-state index in [-0.39, 0.29) is 17.2 Å². The summed E-state index contributed by atoms with van der Waals surface area (Å²) in [5, 5.41) is 16.2. The van der Waals surface area contributed by atoms with Crippen molar-refractivity contribution in [2.75, 3.05) is 5.32 Å². The molecule has 136 valence electrons. The van der Waals surface area contributed by atoms with Crippen LogP contribution < -0.4 is 10.6 Å². The number of nitrogens with zero attached hydrogens (tertiary/aromatic N) is 1. The molecule has 0 bridgehead atoms. The molecule has 0 aliphatic carbocycles. The molecule has 1 atom stereocenters.